The highest BCUT2D eigenvalue weighted by molar-refractivity contribution is 6.05. The quantitative estimate of drug-likeness (QED) is 0.821. The smallest absolute Gasteiger partial charge is 0.258 e. The van der Waals surface area contributed by atoms with E-state index in [0.29, 0.717) is 11.4 Å². The van der Waals surface area contributed by atoms with Gasteiger partial charge in [0.15, 0.2) is 0 Å². The van der Waals surface area contributed by atoms with Gasteiger partial charge in [-0.2, -0.15) is 0 Å². The van der Waals surface area contributed by atoms with Crippen molar-refractivity contribution in [2.75, 3.05) is 11.1 Å². The number of rotatable bonds is 2. The number of aryl methyl sites for hydroxylation is 3. The molecule has 0 heterocycles. The Kier molecular flexibility index (Phi) is 3.74. The first-order valence-corrected chi connectivity index (χ1v) is 6.32. The van der Waals surface area contributed by atoms with E-state index in [9.17, 15) is 9.18 Å². The zero-order chi connectivity index (χ0) is 14.9. The Morgan fingerprint density at radius 1 is 1.10 bits per heavy atom. The highest BCUT2D eigenvalue weighted by Crippen LogP contribution is 2.23. The van der Waals surface area contributed by atoms with Crippen LogP contribution in [-0.4, -0.2) is 5.91 Å². The molecule has 2 aromatic rings. The summed E-state index contributed by atoms with van der Waals surface area (Å²) in [6, 6.07) is 7.90. The molecular formula is C16H17FN2O. The highest BCUT2D eigenvalue weighted by atomic mass is 19.1. The van der Waals surface area contributed by atoms with Crippen molar-refractivity contribution in [1.82, 2.24) is 0 Å². The lowest BCUT2D eigenvalue weighted by Crippen LogP contribution is -2.16. The fraction of sp³-hybridized carbons (Fsp3) is 0.188. The summed E-state index contributed by atoms with van der Waals surface area (Å²) < 4.78 is 13.7. The van der Waals surface area contributed by atoms with Crippen molar-refractivity contribution in [3.8, 4) is 0 Å². The minimum Gasteiger partial charge on any atom is -0.399 e. The van der Waals surface area contributed by atoms with Crippen molar-refractivity contribution in [1.29, 1.82) is 0 Å². The molecule has 2 aromatic carbocycles. The number of nitrogens with one attached hydrogen (secondary N) is 1. The molecular weight excluding hydrogens is 255 g/mol. The van der Waals surface area contributed by atoms with E-state index in [1.54, 1.807) is 0 Å². The largest absolute Gasteiger partial charge is 0.399 e. The SMILES string of the molecule is Cc1cc(C)c(NC(=O)c2cc(N)ccc2F)c(C)c1. The van der Waals surface area contributed by atoms with E-state index >= 15 is 0 Å². The second-order valence-electron chi connectivity index (χ2n) is 4.97. The van der Waals surface area contributed by atoms with Crippen LogP contribution in [0, 0.1) is 26.6 Å². The van der Waals surface area contributed by atoms with Gasteiger partial charge in [0.2, 0.25) is 0 Å². The Morgan fingerprint density at radius 3 is 2.30 bits per heavy atom. The zero-order valence-corrected chi connectivity index (χ0v) is 11.8. The van der Waals surface area contributed by atoms with E-state index in [1.807, 2.05) is 32.9 Å². The summed E-state index contributed by atoms with van der Waals surface area (Å²) in [5.74, 6) is -1.08. The van der Waals surface area contributed by atoms with E-state index in [0.717, 1.165) is 16.7 Å². The fourth-order valence-electron chi connectivity index (χ4n) is 2.27. The summed E-state index contributed by atoms with van der Waals surface area (Å²) in [5, 5.41) is 2.76. The van der Waals surface area contributed by atoms with Crippen LogP contribution in [0.25, 0.3) is 0 Å². The van der Waals surface area contributed by atoms with Gasteiger partial charge < -0.3 is 11.1 Å². The van der Waals surface area contributed by atoms with Crippen molar-refractivity contribution < 1.29 is 9.18 Å². The summed E-state index contributed by atoms with van der Waals surface area (Å²) in [4.78, 5) is 12.2. The van der Waals surface area contributed by atoms with Crippen LogP contribution in [-0.2, 0) is 0 Å². The molecule has 0 spiro atoms. The van der Waals surface area contributed by atoms with Crippen LogP contribution in [0.15, 0.2) is 30.3 Å². The van der Waals surface area contributed by atoms with E-state index in [2.05, 4.69) is 5.32 Å². The summed E-state index contributed by atoms with van der Waals surface area (Å²) in [6.45, 7) is 5.81. The molecule has 0 saturated carbocycles. The molecule has 4 heteroatoms. The first kappa shape index (κ1) is 14.1. The molecule has 0 fully saturated rings. The van der Waals surface area contributed by atoms with E-state index in [-0.39, 0.29) is 5.56 Å². The molecule has 0 aliphatic carbocycles. The summed E-state index contributed by atoms with van der Waals surface area (Å²) >= 11 is 0. The Balaban J connectivity index is 2.35. The van der Waals surface area contributed by atoms with Gasteiger partial charge in [-0.15, -0.1) is 0 Å². The van der Waals surface area contributed by atoms with E-state index < -0.39 is 11.7 Å². The topological polar surface area (TPSA) is 55.1 Å². The number of nitrogen functional groups attached to an aromatic ring is 1. The van der Waals surface area contributed by atoms with Crippen LogP contribution in [0.2, 0.25) is 0 Å². The first-order valence-electron chi connectivity index (χ1n) is 6.32. The van der Waals surface area contributed by atoms with Crippen LogP contribution in [0.5, 0.6) is 0 Å². The van der Waals surface area contributed by atoms with Gasteiger partial charge in [0.05, 0.1) is 5.56 Å². The van der Waals surface area contributed by atoms with Crippen molar-refractivity contribution >= 4 is 17.3 Å². The number of amides is 1. The summed E-state index contributed by atoms with van der Waals surface area (Å²) in [7, 11) is 0. The van der Waals surface area contributed by atoms with Crippen LogP contribution < -0.4 is 11.1 Å². The lowest BCUT2D eigenvalue weighted by atomic mass is 10.0. The molecule has 0 aromatic heterocycles. The maximum Gasteiger partial charge on any atom is 0.258 e. The van der Waals surface area contributed by atoms with E-state index in [4.69, 9.17) is 5.73 Å². The average Bonchev–Trinajstić information content (AvgIpc) is 2.36. The average molecular weight is 272 g/mol. The van der Waals surface area contributed by atoms with Crippen molar-refractivity contribution in [2.45, 2.75) is 20.8 Å². The Hall–Kier alpha value is -2.36. The number of carbonyl (C=O) groups is 1. The molecule has 104 valence electrons. The summed E-state index contributed by atoms with van der Waals surface area (Å²) in [5.41, 5.74) is 9.61. The minimum absolute atomic E-state index is 0.0515. The number of hydrogen-bond acceptors (Lipinski definition) is 2. The van der Waals surface area contributed by atoms with E-state index in [1.165, 1.54) is 18.2 Å². The van der Waals surface area contributed by atoms with Crippen molar-refractivity contribution in [2.24, 2.45) is 0 Å². The first-order chi connectivity index (χ1) is 9.38. The number of anilines is 2. The fourth-order valence-corrected chi connectivity index (χ4v) is 2.27. The minimum atomic E-state index is -0.584. The summed E-state index contributed by atoms with van der Waals surface area (Å²) in [6.07, 6.45) is 0. The maximum atomic E-state index is 13.7. The Bertz CT molecular complexity index is 657. The molecule has 1 amide bonds. The molecule has 2 rings (SSSR count). The molecule has 0 aliphatic rings. The number of halogens is 1. The standard InChI is InChI=1S/C16H17FN2O/c1-9-6-10(2)15(11(3)7-9)19-16(20)13-8-12(18)4-5-14(13)17/h4-8H,18H2,1-3H3,(H,19,20). The molecule has 0 unspecified atom stereocenters. The van der Waals surface area contributed by atoms with Gasteiger partial charge in [-0.1, -0.05) is 17.7 Å². The number of benzene rings is 2. The van der Waals surface area contributed by atoms with Gasteiger partial charge >= 0.3 is 0 Å². The number of hydrogen-bond donors (Lipinski definition) is 2. The molecule has 3 N–H and O–H groups in total. The van der Waals surface area contributed by atoms with Gasteiger partial charge in [0.1, 0.15) is 5.82 Å². The van der Waals surface area contributed by atoms with Crippen LogP contribution in [0.4, 0.5) is 15.8 Å². The molecule has 0 radical (unpaired) electrons. The monoisotopic (exact) mass is 272 g/mol. The van der Waals surface area contributed by atoms with Gasteiger partial charge in [-0.3, -0.25) is 4.79 Å². The third-order valence-corrected chi connectivity index (χ3v) is 3.15. The zero-order valence-electron chi connectivity index (χ0n) is 11.8. The van der Waals surface area contributed by atoms with Crippen molar-refractivity contribution in [3.63, 3.8) is 0 Å². The Labute approximate surface area is 117 Å². The third kappa shape index (κ3) is 2.79. The second-order valence-corrected chi connectivity index (χ2v) is 4.97. The molecule has 20 heavy (non-hydrogen) atoms. The molecule has 0 saturated heterocycles. The van der Waals surface area contributed by atoms with Gasteiger partial charge in [-0.05, 0) is 50.1 Å². The lowest BCUT2D eigenvalue weighted by molar-refractivity contribution is 0.102. The number of nitrogens with two attached hydrogens (primary N) is 1. The van der Waals surface area contributed by atoms with Gasteiger partial charge in [0, 0.05) is 11.4 Å². The third-order valence-electron chi connectivity index (χ3n) is 3.15. The van der Waals surface area contributed by atoms with Crippen molar-refractivity contribution in [3.05, 3.63) is 58.4 Å². The molecule has 0 bridgehead atoms. The van der Waals surface area contributed by atoms with Crippen LogP contribution in [0.1, 0.15) is 27.0 Å². The van der Waals surface area contributed by atoms with Crippen LogP contribution >= 0.6 is 0 Å². The van der Waals surface area contributed by atoms with Gasteiger partial charge in [-0.25, -0.2) is 4.39 Å². The number of carbonyl (C=O) groups excluding carboxylic acids is 1. The highest BCUT2D eigenvalue weighted by Gasteiger charge is 2.14. The molecule has 3 nitrogen and oxygen atoms in total. The molecule has 0 aliphatic heterocycles. The Morgan fingerprint density at radius 2 is 1.70 bits per heavy atom. The second kappa shape index (κ2) is 5.33. The molecule has 0 atom stereocenters. The predicted octanol–water partition coefficient (Wildman–Crippen LogP) is 3.59. The van der Waals surface area contributed by atoms with Gasteiger partial charge in [0.25, 0.3) is 5.91 Å². The van der Waals surface area contributed by atoms with Crippen LogP contribution in [0.3, 0.4) is 0 Å². The maximum absolute atomic E-state index is 13.7. The predicted molar refractivity (Wildman–Crippen MR) is 79.4 cm³/mol. The normalized spacial score (nSPS) is 10.4. The lowest BCUT2D eigenvalue weighted by Gasteiger charge is -2.13.